The van der Waals surface area contributed by atoms with Crippen LogP contribution >= 0.6 is 15.9 Å². The second-order valence-corrected chi connectivity index (χ2v) is 6.05. The van der Waals surface area contributed by atoms with E-state index in [0.717, 1.165) is 45.7 Å². The van der Waals surface area contributed by atoms with E-state index in [1.165, 1.54) is 0 Å². The fourth-order valence-corrected chi connectivity index (χ4v) is 3.10. The van der Waals surface area contributed by atoms with E-state index in [-0.39, 0.29) is 0 Å². The normalized spacial score (nSPS) is 10.9. The van der Waals surface area contributed by atoms with E-state index in [1.807, 2.05) is 11.6 Å². The Morgan fingerprint density at radius 1 is 1.29 bits per heavy atom. The highest BCUT2D eigenvalue weighted by Gasteiger charge is 2.11. The lowest BCUT2D eigenvalue weighted by molar-refractivity contribution is 0.287. The molecule has 5 heteroatoms. The van der Waals surface area contributed by atoms with Crippen LogP contribution in [-0.2, 0) is 19.6 Å². The molecule has 1 aromatic carbocycles. The van der Waals surface area contributed by atoms with E-state index in [0.29, 0.717) is 13.2 Å². The Morgan fingerprint density at radius 2 is 2.05 bits per heavy atom. The molecule has 0 bridgehead atoms. The number of rotatable bonds is 6. The van der Waals surface area contributed by atoms with Gasteiger partial charge in [-0.15, -0.1) is 0 Å². The van der Waals surface area contributed by atoms with Crippen molar-refractivity contribution in [2.45, 2.75) is 40.3 Å². The van der Waals surface area contributed by atoms with Crippen LogP contribution in [0.1, 0.15) is 29.4 Å². The van der Waals surface area contributed by atoms with Gasteiger partial charge in [0.15, 0.2) is 0 Å². The SMILES string of the molecule is CCn1nc(C)cc1COc1c(C)cc(Br)cc1CCN. The summed E-state index contributed by atoms with van der Waals surface area (Å²) < 4.78 is 9.12. The lowest BCUT2D eigenvalue weighted by atomic mass is 10.1. The van der Waals surface area contributed by atoms with Gasteiger partial charge in [0, 0.05) is 11.0 Å². The van der Waals surface area contributed by atoms with Crippen LogP contribution in [0.3, 0.4) is 0 Å². The van der Waals surface area contributed by atoms with Gasteiger partial charge in [-0.25, -0.2) is 0 Å². The van der Waals surface area contributed by atoms with Crippen LogP contribution in [0.2, 0.25) is 0 Å². The summed E-state index contributed by atoms with van der Waals surface area (Å²) in [4.78, 5) is 0. The van der Waals surface area contributed by atoms with Gasteiger partial charge in [0.1, 0.15) is 12.4 Å². The first kappa shape index (κ1) is 16.0. The molecule has 0 atom stereocenters. The van der Waals surface area contributed by atoms with Crippen molar-refractivity contribution in [1.29, 1.82) is 0 Å². The van der Waals surface area contributed by atoms with Crippen molar-refractivity contribution < 1.29 is 4.74 Å². The second-order valence-electron chi connectivity index (χ2n) is 5.13. The molecule has 2 aromatic rings. The zero-order valence-electron chi connectivity index (χ0n) is 12.8. The summed E-state index contributed by atoms with van der Waals surface area (Å²) in [5.41, 5.74) is 10.1. The molecule has 4 nitrogen and oxygen atoms in total. The molecule has 0 aliphatic rings. The first-order valence-corrected chi connectivity index (χ1v) is 7.99. The maximum Gasteiger partial charge on any atom is 0.130 e. The van der Waals surface area contributed by atoms with Crippen LogP contribution in [0.4, 0.5) is 0 Å². The molecule has 2 rings (SSSR count). The molecule has 0 saturated heterocycles. The molecule has 0 saturated carbocycles. The summed E-state index contributed by atoms with van der Waals surface area (Å²) in [5.74, 6) is 0.935. The standard InChI is InChI=1S/C16H22BrN3O/c1-4-20-15(8-12(3)19-20)10-21-16-11(2)7-14(17)9-13(16)5-6-18/h7-9H,4-6,10,18H2,1-3H3. The molecule has 114 valence electrons. The van der Waals surface area contributed by atoms with Gasteiger partial charge >= 0.3 is 0 Å². The van der Waals surface area contributed by atoms with E-state index in [1.54, 1.807) is 0 Å². The molecule has 0 spiro atoms. The molecule has 0 radical (unpaired) electrons. The van der Waals surface area contributed by atoms with E-state index in [9.17, 15) is 0 Å². The molecule has 0 aliphatic carbocycles. The van der Waals surface area contributed by atoms with Gasteiger partial charge in [0.2, 0.25) is 0 Å². The first-order chi connectivity index (χ1) is 10.0. The van der Waals surface area contributed by atoms with Crippen LogP contribution in [0.5, 0.6) is 5.75 Å². The number of halogens is 1. The van der Waals surface area contributed by atoms with Crippen LogP contribution < -0.4 is 10.5 Å². The Hall–Kier alpha value is -1.33. The second kappa shape index (κ2) is 7.09. The van der Waals surface area contributed by atoms with Gasteiger partial charge in [-0.1, -0.05) is 15.9 Å². The Kier molecular flexibility index (Phi) is 5.42. The lowest BCUT2D eigenvalue weighted by Crippen LogP contribution is -2.09. The number of hydrogen-bond acceptors (Lipinski definition) is 3. The Bertz CT molecular complexity index is 622. The van der Waals surface area contributed by atoms with Gasteiger partial charge in [-0.2, -0.15) is 5.10 Å². The third-order valence-electron chi connectivity index (χ3n) is 3.38. The van der Waals surface area contributed by atoms with Crippen LogP contribution in [0.15, 0.2) is 22.7 Å². The van der Waals surface area contributed by atoms with E-state index < -0.39 is 0 Å². The molecule has 0 aliphatic heterocycles. The molecule has 21 heavy (non-hydrogen) atoms. The van der Waals surface area contributed by atoms with Gasteiger partial charge in [-0.05, 0) is 63.1 Å². The Morgan fingerprint density at radius 3 is 2.71 bits per heavy atom. The smallest absolute Gasteiger partial charge is 0.130 e. The van der Waals surface area contributed by atoms with Crippen molar-refractivity contribution in [1.82, 2.24) is 9.78 Å². The minimum atomic E-state index is 0.523. The average Bonchev–Trinajstić information content (AvgIpc) is 2.78. The number of ether oxygens (including phenoxy) is 1. The first-order valence-electron chi connectivity index (χ1n) is 7.20. The highest BCUT2D eigenvalue weighted by molar-refractivity contribution is 9.10. The van der Waals surface area contributed by atoms with Crippen LogP contribution in [0, 0.1) is 13.8 Å². The van der Waals surface area contributed by atoms with E-state index in [4.69, 9.17) is 10.5 Å². The third kappa shape index (κ3) is 3.86. The Balaban J connectivity index is 2.22. The maximum absolute atomic E-state index is 6.08. The molecule has 1 aromatic heterocycles. The van der Waals surface area contributed by atoms with E-state index in [2.05, 4.69) is 53.1 Å². The minimum absolute atomic E-state index is 0.523. The van der Waals surface area contributed by atoms with E-state index >= 15 is 0 Å². The molecule has 0 amide bonds. The molecule has 2 N–H and O–H groups in total. The summed E-state index contributed by atoms with van der Waals surface area (Å²) in [6.45, 7) is 8.12. The predicted molar refractivity (Wildman–Crippen MR) is 88.6 cm³/mol. The largest absolute Gasteiger partial charge is 0.487 e. The number of aromatic nitrogens is 2. The van der Waals surface area contributed by atoms with Crippen molar-refractivity contribution in [3.05, 3.63) is 45.2 Å². The van der Waals surface area contributed by atoms with Gasteiger partial charge in [0.05, 0.1) is 11.4 Å². The number of benzene rings is 1. The van der Waals surface area contributed by atoms with Crippen LogP contribution in [-0.4, -0.2) is 16.3 Å². The topological polar surface area (TPSA) is 53.1 Å². The minimum Gasteiger partial charge on any atom is -0.487 e. The number of aryl methyl sites for hydroxylation is 3. The zero-order valence-corrected chi connectivity index (χ0v) is 14.4. The monoisotopic (exact) mass is 351 g/mol. The number of nitrogens with two attached hydrogens (primary N) is 1. The molecular weight excluding hydrogens is 330 g/mol. The zero-order chi connectivity index (χ0) is 15.4. The maximum atomic E-state index is 6.08. The van der Waals surface area contributed by atoms with Gasteiger partial charge < -0.3 is 10.5 Å². The summed E-state index contributed by atoms with van der Waals surface area (Å²) in [6.07, 6.45) is 0.807. The van der Waals surface area contributed by atoms with Crippen molar-refractivity contribution in [2.75, 3.05) is 6.54 Å². The molecule has 0 fully saturated rings. The number of nitrogens with zero attached hydrogens (tertiary/aromatic N) is 2. The quantitative estimate of drug-likeness (QED) is 0.867. The summed E-state index contributed by atoms with van der Waals surface area (Å²) in [5, 5.41) is 4.45. The summed E-state index contributed by atoms with van der Waals surface area (Å²) >= 11 is 3.53. The average molecular weight is 352 g/mol. The fourth-order valence-electron chi connectivity index (χ4n) is 2.48. The van der Waals surface area contributed by atoms with Crippen molar-refractivity contribution in [2.24, 2.45) is 5.73 Å². The Labute approximate surface area is 134 Å². The highest BCUT2D eigenvalue weighted by Crippen LogP contribution is 2.29. The number of hydrogen-bond donors (Lipinski definition) is 1. The lowest BCUT2D eigenvalue weighted by Gasteiger charge is -2.15. The summed E-state index contributed by atoms with van der Waals surface area (Å²) in [7, 11) is 0. The predicted octanol–water partition coefficient (Wildman–Crippen LogP) is 3.36. The van der Waals surface area contributed by atoms with Crippen molar-refractivity contribution >= 4 is 15.9 Å². The highest BCUT2D eigenvalue weighted by atomic mass is 79.9. The van der Waals surface area contributed by atoms with Crippen LogP contribution in [0.25, 0.3) is 0 Å². The molecule has 0 unspecified atom stereocenters. The fraction of sp³-hybridized carbons (Fsp3) is 0.438. The third-order valence-corrected chi connectivity index (χ3v) is 3.84. The van der Waals surface area contributed by atoms with Gasteiger partial charge in [-0.3, -0.25) is 4.68 Å². The molecule has 1 heterocycles. The molecular formula is C16H22BrN3O. The van der Waals surface area contributed by atoms with Gasteiger partial charge in [0.25, 0.3) is 0 Å². The summed E-state index contributed by atoms with van der Waals surface area (Å²) in [6, 6.07) is 6.22. The van der Waals surface area contributed by atoms with Crippen molar-refractivity contribution in [3.8, 4) is 5.75 Å². The van der Waals surface area contributed by atoms with Crippen molar-refractivity contribution in [3.63, 3.8) is 0 Å².